The van der Waals surface area contributed by atoms with E-state index in [1.165, 1.54) is 4.90 Å². The summed E-state index contributed by atoms with van der Waals surface area (Å²) in [5.41, 5.74) is 6.80. The summed E-state index contributed by atoms with van der Waals surface area (Å²) in [5.74, 6) is 0.346. The quantitative estimate of drug-likeness (QED) is 0.793. The first kappa shape index (κ1) is 10.2. The van der Waals surface area contributed by atoms with Gasteiger partial charge in [-0.3, -0.25) is 4.79 Å². The Bertz CT molecular complexity index is 475. The van der Waals surface area contributed by atoms with Gasteiger partial charge in [-0.05, 0) is 18.2 Å². The lowest BCUT2D eigenvalue weighted by Crippen LogP contribution is -2.25. The first-order valence-corrected chi connectivity index (χ1v) is 4.81. The zero-order valence-electron chi connectivity index (χ0n) is 8.84. The highest BCUT2D eigenvalue weighted by atomic mass is 16.2. The fourth-order valence-electron chi connectivity index (χ4n) is 1.36. The lowest BCUT2D eigenvalue weighted by atomic mass is 10.3. The molecule has 3 N–H and O–H groups in total. The molecule has 2 aromatic rings. The van der Waals surface area contributed by atoms with Gasteiger partial charge in [-0.1, -0.05) is 0 Å². The van der Waals surface area contributed by atoms with Crippen molar-refractivity contribution in [3.8, 4) is 0 Å². The molecule has 0 spiro atoms. The van der Waals surface area contributed by atoms with Gasteiger partial charge in [0, 0.05) is 19.4 Å². The molecule has 5 heteroatoms. The summed E-state index contributed by atoms with van der Waals surface area (Å²) < 4.78 is 0. The minimum absolute atomic E-state index is 0.0900. The van der Waals surface area contributed by atoms with E-state index in [-0.39, 0.29) is 5.91 Å². The average Bonchev–Trinajstić information content (AvgIpc) is 2.81. The fraction of sp³-hybridized carbons (Fsp3) is 0.0909. The van der Waals surface area contributed by atoms with Crippen molar-refractivity contribution in [2.24, 2.45) is 0 Å². The monoisotopic (exact) mass is 216 g/mol. The highest BCUT2D eigenvalue weighted by molar-refractivity contribution is 6.05. The van der Waals surface area contributed by atoms with Crippen LogP contribution in [0.15, 0.2) is 36.8 Å². The molecular formula is C11H12N4O. The second-order valence-electron chi connectivity index (χ2n) is 3.41. The van der Waals surface area contributed by atoms with Crippen molar-refractivity contribution in [1.82, 2.24) is 9.97 Å². The summed E-state index contributed by atoms with van der Waals surface area (Å²) in [6, 6.07) is 5.15. The third-order valence-corrected chi connectivity index (χ3v) is 2.31. The van der Waals surface area contributed by atoms with Crippen molar-refractivity contribution >= 4 is 17.4 Å². The van der Waals surface area contributed by atoms with Crippen molar-refractivity contribution in [3.63, 3.8) is 0 Å². The number of aromatic nitrogens is 2. The SMILES string of the molecule is CN(C(=O)c1cc[nH]c1)c1ccc(N)nc1. The van der Waals surface area contributed by atoms with E-state index in [2.05, 4.69) is 9.97 Å². The van der Waals surface area contributed by atoms with Crippen molar-refractivity contribution in [2.75, 3.05) is 17.7 Å². The molecule has 82 valence electrons. The van der Waals surface area contributed by atoms with E-state index in [0.29, 0.717) is 17.1 Å². The van der Waals surface area contributed by atoms with Crippen LogP contribution in [0.2, 0.25) is 0 Å². The Morgan fingerprint density at radius 3 is 2.81 bits per heavy atom. The zero-order chi connectivity index (χ0) is 11.5. The highest BCUT2D eigenvalue weighted by Crippen LogP contribution is 2.14. The molecule has 0 bridgehead atoms. The number of rotatable bonds is 2. The molecule has 0 unspecified atom stereocenters. The molecule has 5 nitrogen and oxygen atoms in total. The third-order valence-electron chi connectivity index (χ3n) is 2.31. The summed E-state index contributed by atoms with van der Waals surface area (Å²) in [5, 5.41) is 0. The molecule has 1 amide bonds. The maximum atomic E-state index is 11.9. The number of carbonyl (C=O) groups excluding carboxylic acids is 1. The number of aromatic amines is 1. The minimum Gasteiger partial charge on any atom is -0.384 e. The largest absolute Gasteiger partial charge is 0.384 e. The fourth-order valence-corrected chi connectivity index (χ4v) is 1.36. The molecule has 0 fully saturated rings. The Kier molecular flexibility index (Phi) is 2.59. The van der Waals surface area contributed by atoms with Crippen LogP contribution in [-0.2, 0) is 0 Å². The van der Waals surface area contributed by atoms with Crippen molar-refractivity contribution in [2.45, 2.75) is 0 Å². The van der Waals surface area contributed by atoms with Crippen LogP contribution in [-0.4, -0.2) is 22.9 Å². The lowest BCUT2D eigenvalue weighted by molar-refractivity contribution is 0.0993. The van der Waals surface area contributed by atoms with Crippen molar-refractivity contribution < 1.29 is 4.79 Å². The number of pyridine rings is 1. The van der Waals surface area contributed by atoms with Gasteiger partial charge in [0.15, 0.2) is 0 Å². The van der Waals surface area contributed by atoms with Crippen LogP contribution in [0.1, 0.15) is 10.4 Å². The molecule has 0 aliphatic carbocycles. The van der Waals surface area contributed by atoms with Gasteiger partial charge in [0.2, 0.25) is 0 Å². The van der Waals surface area contributed by atoms with Crippen LogP contribution >= 0.6 is 0 Å². The maximum absolute atomic E-state index is 11.9. The minimum atomic E-state index is -0.0900. The number of nitrogens with two attached hydrogens (primary N) is 1. The molecule has 2 aromatic heterocycles. The predicted molar refractivity (Wildman–Crippen MR) is 62.2 cm³/mol. The van der Waals surface area contributed by atoms with Gasteiger partial charge >= 0.3 is 0 Å². The number of amides is 1. The number of H-pyrrole nitrogens is 1. The van der Waals surface area contributed by atoms with Crippen LogP contribution in [0, 0.1) is 0 Å². The number of nitrogens with one attached hydrogen (secondary N) is 1. The number of hydrogen-bond donors (Lipinski definition) is 2. The Balaban J connectivity index is 2.22. The summed E-state index contributed by atoms with van der Waals surface area (Å²) in [6.07, 6.45) is 4.94. The Morgan fingerprint density at radius 2 is 2.25 bits per heavy atom. The molecule has 0 aromatic carbocycles. The topological polar surface area (TPSA) is 75.0 Å². The number of hydrogen-bond acceptors (Lipinski definition) is 3. The standard InChI is InChI=1S/C11H12N4O/c1-15(9-2-3-10(12)14-7-9)11(16)8-4-5-13-6-8/h2-7,13H,1H3,(H2,12,14). The summed E-state index contributed by atoms with van der Waals surface area (Å²) >= 11 is 0. The third kappa shape index (κ3) is 1.88. The average molecular weight is 216 g/mol. The van der Waals surface area contributed by atoms with E-state index in [4.69, 9.17) is 5.73 Å². The molecule has 0 saturated carbocycles. The number of anilines is 2. The number of nitrogens with zero attached hydrogens (tertiary/aromatic N) is 2. The second kappa shape index (κ2) is 4.06. The summed E-state index contributed by atoms with van der Waals surface area (Å²) in [4.78, 5) is 20.2. The van der Waals surface area contributed by atoms with E-state index < -0.39 is 0 Å². The van der Waals surface area contributed by atoms with Crippen LogP contribution in [0.3, 0.4) is 0 Å². The number of carbonyl (C=O) groups is 1. The second-order valence-corrected chi connectivity index (χ2v) is 3.41. The first-order chi connectivity index (χ1) is 7.68. The highest BCUT2D eigenvalue weighted by Gasteiger charge is 2.13. The molecule has 0 aliphatic rings. The van der Waals surface area contributed by atoms with E-state index >= 15 is 0 Å². The molecule has 2 heterocycles. The first-order valence-electron chi connectivity index (χ1n) is 4.81. The smallest absolute Gasteiger partial charge is 0.259 e. The Morgan fingerprint density at radius 1 is 1.44 bits per heavy atom. The van der Waals surface area contributed by atoms with Gasteiger partial charge in [0.05, 0.1) is 17.4 Å². The zero-order valence-corrected chi connectivity index (χ0v) is 8.84. The van der Waals surface area contributed by atoms with E-state index in [9.17, 15) is 4.79 Å². The van der Waals surface area contributed by atoms with Gasteiger partial charge in [0.25, 0.3) is 5.91 Å². The predicted octanol–water partition coefficient (Wildman–Crippen LogP) is 1.27. The van der Waals surface area contributed by atoms with Gasteiger partial charge in [-0.15, -0.1) is 0 Å². The normalized spacial score (nSPS) is 10.1. The van der Waals surface area contributed by atoms with Crippen molar-refractivity contribution in [3.05, 3.63) is 42.4 Å². The molecule has 0 radical (unpaired) electrons. The van der Waals surface area contributed by atoms with Crippen molar-refractivity contribution in [1.29, 1.82) is 0 Å². The van der Waals surface area contributed by atoms with Crippen LogP contribution < -0.4 is 10.6 Å². The van der Waals surface area contributed by atoms with E-state index in [0.717, 1.165) is 0 Å². The summed E-state index contributed by atoms with van der Waals surface area (Å²) in [6.45, 7) is 0. The molecule has 0 saturated heterocycles. The molecular weight excluding hydrogens is 204 g/mol. The molecule has 2 rings (SSSR count). The van der Waals surface area contributed by atoms with Gasteiger partial charge in [0.1, 0.15) is 5.82 Å². The van der Waals surface area contributed by atoms with Gasteiger partial charge < -0.3 is 15.6 Å². The van der Waals surface area contributed by atoms with Crippen LogP contribution in [0.4, 0.5) is 11.5 Å². The number of nitrogen functional groups attached to an aromatic ring is 1. The van der Waals surface area contributed by atoms with Gasteiger partial charge in [-0.25, -0.2) is 4.98 Å². The molecule has 16 heavy (non-hydrogen) atoms. The van der Waals surface area contributed by atoms with E-state index in [1.54, 1.807) is 43.8 Å². The lowest BCUT2D eigenvalue weighted by Gasteiger charge is -2.15. The summed E-state index contributed by atoms with van der Waals surface area (Å²) in [7, 11) is 1.70. The Hall–Kier alpha value is -2.30. The van der Waals surface area contributed by atoms with Crippen LogP contribution in [0.25, 0.3) is 0 Å². The van der Waals surface area contributed by atoms with Crippen LogP contribution in [0.5, 0.6) is 0 Å². The molecule has 0 atom stereocenters. The van der Waals surface area contributed by atoms with E-state index in [1.807, 2.05) is 0 Å². The van der Waals surface area contributed by atoms with Gasteiger partial charge in [-0.2, -0.15) is 0 Å². The molecule has 0 aliphatic heterocycles. The Labute approximate surface area is 92.9 Å². The maximum Gasteiger partial charge on any atom is 0.259 e.